The first kappa shape index (κ1) is 45.0. The number of thiophene rings is 2. The van der Waals surface area contributed by atoms with Gasteiger partial charge in [-0.05, 0) is 74.5 Å². The number of Topliss-reactive ketones (excluding diaryl/α,β-unsaturated/α-hetero) is 2. The van der Waals surface area contributed by atoms with Gasteiger partial charge >= 0.3 is 0 Å². The van der Waals surface area contributed by atoms with Crippen molar-refractivity contribution in [3.05, 3.63) is 118 Å². The second kappa shape index (κ2) is 20.6. The first-order valence-corrected chi connectivity index (χ1v) is 23.5. The third-order valence-corrected chi connectivity index (χ3v) is 13.8. The summed E-state index contributed by atoms with van der Waals surface area (Å²) in [5.41, 5.74) is 6.47. The van der Waals surface area contributed by atoms with Gasteiger partial charge in [0.25, 0.3) is 0 Å². The van der Waals surface area contributed by atoms with Gasteiger partial charge in [-0.25, -0.2) is 9.98 Å². The van der Waals surface area contributed by atoms with E-state index in [0.717, 1.165) is 59.4 Å². The topological polar surface area (TPSA) is 199 Å². The molecule has 0 unspecified atom stereocenters. The van der Waals surface area contributed by atoms with Crippen LogP contribution in [0.5, 0.6) is 10.1 Å². The van der Waals surface area contributed by atoms with Gasteiger partial charge in [0.1, 0.15) is 49.3 Å². The van der Waals surface area contributed by atoms with Gasteiger partial charge in [-0.1, -0.05) is 75.8 Å². The Balaban J connectivity index is 0.000000166. The summed E-state index contributed by atoms with van der Waals surface area (Å²) in [5, 5.41) is 51.0. The van der Waals surface area contributed by atoms with E-state index in [-0.39, 0.29) is 21.7 Å². The molecule has 15 nitrogen and oxygen atoms in total. The van der Waals surface area contributed by atoms with Crippen molar-refractivity contribution < 1.29 is 44.4 Å². The van der Waals surface area contributed by atoms with E-state index in [0.29, 0.717) is 94.0 Å². The number of likely N-dealkylation sites (tertiary alicyclic amines) is 1. The Morgan fingerprint density at radius 2 is 1.08 bits per heavy atom. The quantitative estimate of drug-likeness (QED) is 0.0494. The van der Waals surface area contributed by atoms with Crippen LogP contribution in [0.4, 0.5) is 11.4 Å². The van der Waals surface area contributed by atoms with Crippen LogP contribution < -0.4 is 0 Å². The Bertz CT molecular complexity index is 2710. The van der Waals surface area contributed by atoms with Crippen LogP contribution in [0.1, 0.15) is 62.2 Å². The summed E-state index contributed by atoms with van der Waals surface area (Å²) in [6.07, 6.45) is 3.71. The second-order valence-corrected chi connectivity index (χ2v) is 18.1. The minimum atomic E-state index is -0.578. The molecule has 2 saturated heterocycles. The molecule has 0 radical (unpaired) electrons. The summed E-state index contributed by atoms with van der Waals surface area (Å²) in [6, 6.07) is 25.5. The molecule has 0 saturated carbocycles. The van der Waals surface area contributed by atoms with Crippen molar-refractivity contribution in [1.29, 1.82) is 0 Å². The van der Waals surface area contributed by atoms with Crippen LogP contribution in [0.3, 0.4) is 0 Å². The van der Waals surface area contributed by atoms with Crippen molar-refractivity contribution in [1.82, 2.24) is 9.80 Å². The number of ketones is 2. The molecular weight excluding hydrogens is 881 g/mol. The molecule has 4 aliphatic heterocycles. The number of hydrogen-bond donors (Lipinski definition) is 4. The third kappa shape index (κ3) is 9.55. The molecule has 0 bridgehead atoms. The zero-order chi connectivity index (χ0) is 45.6. The summed E-state index contributed by atoms with van der Waals surface area (Å²) < 4.78 is 7.26. The van der Waals surface area contributed by atoms with Crippen LogP contribution in [0.25, 0.3) is 20.2 Å². The zero-order valence-electron chi connectivity index (χ0n) is 36.0. The summed E-state index contributed by atoms with van der Waals surface area (Å²) in [4.78, 5) is 49.7. The lowest BCUT2D eigenvalue weighted by molar-refractivity contribution is 0.0213. The van der Waals surface area contributed by atoms with Crippen LogP contribution in [0.15, 0.2) is 105 Å². The highest BCUT2D eigenvalue weighted by atomic mass is 32.1. The first-order chi connectivity index (χ1) is 32.3. The molecule has 10 rings (SSSR count). The number of rotatable bonds is 14. The molecule has 2 aromatic heterocycles. The molecule has 4 aliphatic rings. The van der Waals surface area contributed by atoms with E-state index in [1.807, 2.05) is 48.5 Å². The molecule has 4 aromatic carbocycles. The van der Waals surface area contributed by atoms with Gasteiger partial charge in [-0.15, -0.1) is 0 Å². The molecule has 0 atom stereocenters. The Labute approximate surface area is 388 Å². The molecule has 0 amide bonds. The van der Waals surface area contributed by atoms with E-state index in [4.69, 9.17) is 24.4 Å². The normalized spacial score (nSPS) is 17.4. The van der Waals surface area contributed by atoms with Gasteiger partial charge in [0.05, 0.1) is 35.7 Å². The Kier molecular flexibility index (Phi) is 14.0. The third-order valence-electron chi connectivity index (χ3n) is 11.8. The number of ether oxygens (including phenoxy) is 1. The molecule has 17 heteroatoms. The molecule has 6 aromatic rings. The molecule has 2 fully saturated rings. The largest absolute Gasteiger partial charge is 0.499 e. The number of fused-ring (bicyclic) bond motifs is 4. The van der Waals surface area contributed by atoms with Crippen molar-refractivity contribution in [3.8, 4) is 10.1 Å². The Morgan fingerprint density at radius 3 is 1.55 bits per heavy atom. The van der Waals surface area contributed by atoms with E-state index >= 15 is 0 Å². The fourth-order valence-corrected chi connectivity index (χ4v) is 10.3. The van der Waals surface area contributed by atoms with Crippen molar-refractivity contribution in [2.24, 2.45) is 20.3 Å². The number of hydrogen-bond acceptors (Lipinski definition) is 17. The molecular formula is C49H48N6O9S2. The minimum absolute atomic E-state index is 0.149. The van der Waals surface area contributed by atoms with E-state index in [9.17, 15) is 30.0 Å². The number of nitrogens with zero attached hydrogens (tertiary/aromatic N) is 6. The monoisotopic (exact) mass is 928 g/mol. The lowest BCUT2D eigenvalue weighted by Crippen LogP contribution is -2.38. The van der Waals surface area contributed by atoms with Gasteiger partial charge in [0.15, 0.2) is 21.7 Å². The summed E-state index contributed by atoms with van der Waals surface area (Å²) in [7, 11) is 0. The fourth-order valence-electron chi connectivity index (χ4n) is 8.40. The van der Waals surface area contributed by atoms with E-state index < -0.39 is 13.2 Å². The number of carbonyl (C=O) groups excluding carboxylic acids is 2. The van der Waals surface area contributed by atoms with Crippen LogP contribution in [0.2, 0.25) is 0 Å². The molecule has 340 valence electrons. The number of morpholine rings is 1. The van der Waals surface area contributed by atoms with Crippen LogP contribution in [-0.2, 0) is 14.4 Å². The first-order valence-electron chi connectivity index (χ1n) is 21.9. The summed E-state index contributed by atoms with van der Waals surface area (Å²) in [6.45, 7) is 6.50. The van der Waals surface area contributed by atoms with Crippen molar-refractivity contribution in [3.63, 3.8) is 0 Å². The van der Waals surface area contributed by atoms with Gasteiger partial charge in [0.2, 0.25) is 0 Å². The van der Waals surface area contributed by atoms with Crippen LogP contribution in [0, 0.1) is 0 Å². The highest BCUT2D eigenvalue weighted by Gasteiger charge is 2.32. The van der Waals surface area contributed by atoms with E-state index in [1.54, 1.807) is 36.4 Å². The van der Waals surface area contributed by atoms with Gasteiger partial charge in [-0.3, -0.25) is 19.4 Å². The molecule has 4 N–H and O–H groups in total. The molecule has 0 spiro atoms. The number of aliphatic imine (C=N–C) groups is 2. The van der Waals surface area contributed by atoms with Crippen molar-refractivity contribution >= 4 is 88.6 Å². The van der Waals surface area contributed by atoms with Crippen LogP contribution in [-0.4, -0.2) is 144 Å². The summed E-state index contributed by atoms with van der Waals surface area (Å²) in [5.74, 6) is -0.761. The predicted octanol–water partition coefficient (Wildman–Crippen LogP) is 7.09. The maximum absolute atomic E-state index is 12.1. The van der Waals surface area contributed by atoms with Crippen LogP contribution >= 0.6 is 22.7 Å². The maximum Gasteiger partial charge on any atom is 0.188 e. The van der Waals surface area contributed by atoms with Crippen molar-refractivity contribution in [2.45, 2.75) is 19.3 Å². The number of benzene rings is 4. The van der Waals surface area contributed by atoms with Gasteiger partial charge < -0.3 is 34.8 Å². The maximum atomic E-state index is 12.1. The average Bonchev–Trinajstić information content (AvgIpc) is 4.09. The fraction of sp³-hybridized carbons (Fsp3) is 0.306. The second-order valence-electron chi connectivity index (χ2n) is 16.0. The number of piperidine rings is 1. The number of carbonyl (C=O) groups is 2. The van der Waals surface area contributed by atoms with E-state index in [1.165, 1.54) is 41.9 Å². The average molecular weight is 929 g/mol. The van der Waals surface area contributed by atoms with E-state index in [2.05, 4.69) is 20.1 Å². The zero-order valence-corrected chi connectivity index (χ0v) is 37.7. The number of oxime groups is 2. The lowest BCUT2D eigenvalue weighted by atomic mass is 9.99. The lowest BCUT2D eigenvalue weighted by Gasteiger charge is -2.25. The molecule has 6 heterocycles. The standard InChI is InChI=1S/C25H25N3O4S.C24H23N3O5S/c29-15-20(30)16-8-9-19-18(14-16)23(27-32-13-12-28-10-4-1-5-11-28)24(26-19)22-17-6-2-3-7-21(17)33-25(22)31;28-14-19(29)15-5-6-18-17(13-15)22(26-32-12-9-27-7-10-31-11-8-27)23(25-18)21-16-3-1-2-4-20(16)33-24(21)30/h2-3,6-9,14,29,31H,1,4-5,10-13,15H2;1-6,13,28,30H,7-12,14H2/b27-23+;26-22+. The molecule has 66 heavy (non-hydrogen) atoms. The predicted molar refractivity (Wildman–Crippen MR) is 258 cm³/mol. The highest BCUT2D eigenvalue weighted by molar-refractivity contribution is 7.21. The Hall–Kier alpha value is -6.18. The van der Waals surface area contributed by atoms with Gasteiger partial charge in [0, 0.05) is 68.6 Å². The Morgan fingerprint density at radius 1 is 0.621 bits per heavy atom. The van der Waals surface area contributed by atoms with Crippen molar-refractivity contribution in [2.75, 3.05) is 78.9 Å². The highest BCUT2D eigenvalue weighted by Crippen LogP contribution is 2.43. The summed E-state index contributed by atoms with van der Waals surface area (Å²) >= 11 is 2.57. The van der Waals surface area contributed by atoms with Gasteiger partial charge in [-0.2, -0.15) is 0 Å². The minimum Gasteiger partial charge on any atom is -0.499 e. The molecule has 0 aliphatic carbocycles. The number of aromatic hydroxyl groups is 2. The SMILES string of the molecule is O=C(CO)c1ccc2c(c1)/C(=N\OCCN1CCCCC1)C(c1c(O)sc3ccccc13)=N2.O=C(CO)c1ccc2c(c1)/C(=N\OCCN1CCOCC1)C(c1c(O)sc3ccccc13)=N2. The smallest absolute Gasteiger partial charge is 0.188 e. The number of aliphatic hydroxyl groups excluding tert-OH is 2. The number of aliphatic hydroxyl groups is 2.